The van der Waals surface area contributed by atoms with Gasteiger partial charge < -0.3 is 10.6 Å². The summed E-state index contributed by atoms with van der Waals surface area (Å²) in [6.45, 7) is 14.0. The average Bonchev–Trinajstić information content (AvgIpc) is 2.38. The Morgan fingerprint density at radius 1 is 1.20 bits per heavy atom. The van der Waals surface area contributed by atoms with Crippen LogP contribution < -0.4 is 10.6 Å². The molecule has 0 aromatic carbocycles. The summed E-state index contributed by atoms with van der Waals surface area (Å²) in [5.74, 6) is 1.14. The molecule has 2 N–H and O–H groups in total. The summed E-state index contributed by atoms with van der Waals surface area (Å²) >= 11 is 0. The van der Waals surface area contributed by atoms with Gasteiger partial charge in [-0.3, -0.25) is 4.90 Å². The Hall–Kier alpha value is -1.13. The maximum absolute atomic E-state index is 5.60. The summed E-state index contributed by atoms with van der Waals surface area (Å²) < 4.78 is 0. The van der Waals surface area contributed by atoms with Gasteiger partial charge in [-0.05, 0) is 51.8 Å². The Bertz CT molecular complexity index is 442. The predicted octanol–water partition coefficient (Wildman–Crippen LogP) is 1.81. The molecule has 1 aromatic rings. The lowest BCUT2D eigenvalue weighted by Crippen LogP contribution is -2.53. The van der Waals surface area contributed by atoms with Gasteiger partial charge >= 0.3 is 0 Å². The predicted molar refractivity (Wildman–Crippen MR) is 85.3 cm³/mol. The molecule has 20 heavy (non-hydrogen) atoms. The summed E-state index contributed by atoms with van der Waals surface area (Å²) in [4.78, 5) is 9.61. The van der Waals surface area contributed by atoms with Crippen molar-refractivity contribution < 1.29 is 0 Å². The summed E-state index contributed by atoms with van der Waals surface area (Å²) in [5, 5.41) is 0. The number of nitrogens with zero attached hydrogens (tertiary/aromatic N) is 3. The number of rotatable bonds is 3. The third kappa shape index (κ3) is 3.49. The van der Waals surface area contributed by atoms with Crippen LogP contribution in [0.2, 0.25) is 0 Å². The van der Waals surface area contributed by atoms with Gasteiger partial charge in [-0.2, -0.15) is 0 Å². The number of nitrogens with two attached hydrogens (primary N) is 1. The first-order chi connectivity index (χ1) is 9.41. The fraction of sp³-hybridized carbons (Fsp3) is 0.688. The minimum absolute atomic E-state index is 0.263. The highest BCUT2D eigenvalue weighted by Gasteiger charge is 2.26. The van der Waals surface area contributed by atoms with E-state index in [0.29, 0.717) is 6.54 Å². The van der Waals surface area contributed by atoms with Crippen molar-refractivity contribution in [2.45, 2.75) is 39.7 Å². The SMILES string of the molecule is Cc1cc(CCN)cnc1N1CCN(C(C)(C)C)CC1. The van der Waals surface area contributed by atoms with Crippen LogP contribution in [-0.2, 0) is 6.42 Å². The number of hydrogen-bond donors (Lipinski definition) is 1. The quantitative estimate of drug-likeness (QED) is 0.914. The number of anilines is 1. The van der Waals surface area contributed by atoms with E-state index < -0.39 is 0 Å². The van der Waals surface area contributed by atoms with Crippen molar-refractivity contribution in [1.82, 2.24) is 9.88 Å². The first-order valence-electron chi connectivity index (χ1n) is 7.57. The molecule has 0 bridgehead atoms. The monoisotopic (exact) mass is 276 g/mol. The molecule has 112 valence electrons. The van der Waals surface area contributed by atoms with E-state index in [1.807, 2.05) is 6.20 Å². The van der Waals surface area contributed by atoms with Crippen molar-refractivity contribution in [3.05, 3.63) is 23.4 Å². The number of piperazine rings is 1. The van der Waals surface area contributed by atoms with Crippen LogP contribution >= 0.6 is 0 Å². The molecule has 0 saturated carbocycles. The van der Waals surface area contributed by atoms with E-state index in [1.54, 1.807) is 0 Å². The molecule has 1 aliphatic heterocycles. The Morgan fingerprint density at radius 3 is 2.35 bits per heavy atom. The van der Waals surface area contributed by atoms with Crippen LogP contribution in [0.3, 0.4) is 0 Å². The van der Waals surface area contributed by atoms with E-state index in [9.17, 15) is 0 Å². The lowest BCUT2D eigenvalue weighted by molar-refractivity contribution is 0.128. The van der Waals surface area contributed by atoms with E-state index in [2.05, 4.69) is 48.5 Å². The van der Waals surface area contributed by atoms with Gasteiger partial charge in [0, 0.05) is 37.9 Å². The number of aryl methyl sites for hydroxylation is 1. The van der Waals surface area contributed by atoms with Crippen molar-refractivity contribution >= 4 is 5.82 Å². The Labute approximate surface area is 123 Å². The molecule has 4 heteroatoms. The van der Waals surface area contributed by atoms with Crippen molar-refractivity contribution in [3.8, 4) is 0 Å². The number of aromatic nitrogens is 1. The molecule has 1 fully saturated rings. The molecule has 2 rings (SSSR count). The highest BCUT2D eigenvalue weighted by Crippen LogP contribution is 2.22. The lowest BCUT2D eigenvalue weighted by atomic mass is 10.0. The lowest BCUT2D eigenvalue weighted by Gasteiger charge is -2.42. The van der Waals surface area contributed by atoms with Crippen LogP contribution in [0.4, 0.5) is 5.82 Å². The fourth-order valence-corrected chi connectivity index (χ4v) is 2.85. The normalized spacial score (nSPS) is 17.6. The van der Waals surface area contributed by atoms with Gasteiger partial charge in [0.25, 0.3) is 0 Å². The van der Waals surface area contributed by atoms with Crippen molar-refractivity contribution in [1.29, 1.82) is 0 Å². The zero-order valence-corrected chi connectivity index (χ0v) is 13.3. The van der Waals surface area contributed by atoms with E-state index in [-0.39, 0.29) is 5.54 Å². The highest BCUT2D eigenvalue weighted by molar-refractivity contribution is 5.47. The molecule has 0 atom stereocenters. The molecule has 0 unspecified atom stereocenters. The van der Waals surface area contributed by atoms with Gasteiger partial charge in [0.2, 0.25) is 0 Å². The fourth-order valence-electron chi connectivity index (χ4n) is 2.85. The minimum Gasteiger partial charge on any atom is -0.354 e. The smallest absolute Gasteiger partial charge is 0.131 e. The van der Waals surface area contributed by atoms with Gasteiger partial charge in [-0.25, -0.2) is 4.98 Å². The van der Waals surface area contributed by atoms with Crippen molar-refractivity contribution in [2.75, 3.05) is 37.6 Å². The molecule has 4 nitrogen and oxygen atoms in total. The van der Waals surface area contributed by atoms with Crippen molar-refractivity contribution in [2.24, 2.45) is 5.73 Å². The molecule has 1 saturated heterocycles. The molecule has 0 spiro atoms. The summed E-state index contributed by atoms with van der Waals surface area (Å²) in [6, 6.07) is 2.23. The first kappa shape index (κ1) is 15.3. The van der Waals surface area contributed by atoms with Crippen molar-refractivity contribution in [3.63, 3.8) is 0 Å². The van der Waals surface area contributed by atoms with Crippen LogP contribution in [0, 0.1) is 6.92 Å². The van der Waals surface area contributed by atoms with Crippen LogP contribution in [0.5, 0.6) is 0 Å². The van der Waals surface area contributed by atoms with Gasteiger partial charge in [-0.1, -0.05) is 6.07 Å². The van der Waals surface area contributed by atoms with Crippen LogP contribution in [-0.4, -0.2) is 48.1 Å². The molecule has 1 aromatic heterocycles. The van der Waals surface area contributed by atoms with E-state index >= 15 is 0 Å². The maximum Gasteiger partial charge on any atom is 0.131 e. The summed E-state index contributed by atoms with van der Waals surface area (Å²) in [7, 11) is 0. The average molecular weight is 276 g/mol. The second-order valence-corrected chi connectivity index (χ2v) is 6.67. The number of hydrogen-bond acceptors (Lipinski definition) is 4. The van der Waals surface area contributed by atoms with Crippen LogP contribution in [0.15, 0.2) is 12.3 Å². The molecule has 1 aliphatic rings. The summed E-state index contributed by atoms with van der Waals surface area (Å²) in [6.07, 6.45) is 2.89. The Balaban J connectivity index is 2.03. The van der Waals surface area contributed by atoms with Crippen LogP contribution in [0.25, 0.3) is 0 Å². The van der Waals surface area contributed by atoms with Gasteiger partial charge in [-0.15, -0.1) is 0 Å². The minimum atomic E-state index is 0.263. The molecule has 0 amide bonds. The Kier molecular flexibility index (Phi) is 4.66. The number of pyridine rings is 1. The van der Waals surface area contributed by atoms with E-state index in [0.717, 1.165) is 38.4 Å². The van der Waals surface area contributed by atoms with Gasteiger partial charge in [0.05, 0.1) is 0 Å². The topological polar surface area (TPSA) is 45.4 Å². The zero-order valence-electron chi connectivity index (χ0n) is 13.3. The zero-order chi connectivity index (χ0) is 14.8. The second kappa shape index (κ2) is 6.10. The summed E-state index contributed by atoms with van der Waals surface area (Å²) in [5.41, 5.74) is 8.37. The molecule has 0 aliphatic carbocycles. The molecular weight excluding hydrogens is 248 g/mol. The first-order valence-corrected chi connectivity index (χ1v) is 7.57. The molecule has 0 radical (unpaired) electrons. The largest absolute Gasteiger partial charge is 0.354 e. The van der Waals surface area contributed by atoms with Gasteiger partial charge in [0.15, 0.2) is 0 Å². The Morgan fingerprint density at radius 2 is 1.85 bits per heavy atom. The molecular formula is C16H28N4. The van der Waals surface area contributed by atoms with E-state index in [1.165, 1.54) is 11.1 Å². The van der Waals surface area contributed by atoms with Crippen LogP contribution in [0.1, 0.15) is 31.9 Å². The van der Waals surface area contributed by atoms with Gasteiger partial charge in [0.1, 0.15) is 5.82 Å². The highest BCUT2D eigenvalue weighted by atomic mass is 15.3. The van der Waals surface area contributed by atoms with E-state index in [4.69, 9.17) is 5.73 Å². The maximum atomic E-state index is 5.60. The third-order valence-electron chi connectivity index (χ3n) is 4.07. The molecule has 2 heterocycles. The standard InChI is InChI=1S/C16H28N4/c1-13-11-14(5-6-17)12-18-15(13)19-7-9-20(10-8-19)16(2,3)4/h11-12H,5-10,17H2,1-4H3. The second-order valence-electron chi connectivity index (χ2n) is 6.67. The third-order valence-corrected chi connectivity index (χ3v) is 4.07.